The van der Waals surface area contributed by atoms with Gasteiger partial charge in [-0.05, 0) is 56.2 Å². The molecule has 5 rings (SSSR count). The first-order valence-corrected chi connectivity index (χ1v) is 12.5. The number of carbonyl (C=O) groups excluding carboxylic acids is 2. The van der Waals surface area contributed by atoms with E-state index in [0.29, 0.717) is 17.0 Å². The van der Waals surface area contributed by atoms with Gasteiger partial charge in [0.05, 0.1) is 17.7 Å². The van der Waals surface area contributed by atoms with Crippen LogP contribution in [0.5, 0.6) is 5.75 Å². The van der Waals surface area contributed by atoms with Gasteiger partial charge in [0.25, 0.3) is 11.7 Å². The highest BCUT2D eigenvalue weighted by atomic mass is 16.5. The molecule has 1 unspecified atom stereocenters. The number of benzene rings is 3. The second kappa shape index (κ2) is 9.62. The molecule has 0 aliphatic carbocycles. The highest BCUT2D eigenvalue weighted by Gasteiger charge is 2.47. The Morgan fingerprint density at radius 2 is 1.73 bits per heavy atom. The summed E-state index contributed by atoms with van der Waals surface area (Å²) in [5, 5.41) is 12.5. The molecule has 6 nitrogen and oxygen atoms in total. The molecule has 0 spiro atoms. The summed E-state index contributed by atoms with van der Waals surface area (Å²) in [6.45, 7) is 5.90. The molecule has 0 bridgehead atoms. The van der Waals surface area contributed by atoms with E-state index in [-0.39, 0.29) is 17.4 Å². The summed E-state index contributed by atoms with van der Waals surface area (Å²) >= 11 is 0. The lowest BCUT2D eigenvalue weighted by atomic mass is 9.94. The molecule has 1 N–H and O–H groups in total. The molecule has 1 aliphatic heterocycles. The van der Waals surface area contributed by atoms with Gasteiger partial charge in [0, 0.05) is 41.0 Å². The summed E-state index contributed by atoms with van der Waals surface area (Å²) in [5.74, 6) is -1.04. The second-order valence-electron chi connectivity index (χ2n) is 9.60. The van der Waals surface area contributed by atoms with E-state index in [4.69, 9.17) is 4.74 Å². The standard InChI is InChI=1S/C31H30N2O4/c1-5-20-13-15-22(16-14-20)33-28(25-18-32(4)26-12-7-6-11-24(25)26)27(30(35)31(33)36)29(34)21-9-8-10-23(17-21)37-19(2)3/h6-19,28,34H,5H2,1-4H3/b29-27+. The second-order valence-corrected chi connectivity index (χ2v) is 9.60. The zero-order valence-corrected chi connectivity index (χ0v) is 21.4. The minimum absolute atomic E-state index is 0.0512. The molecule has 1 fully saturated rings. The summed E-state index contributed by atoms with van der Waals surface area (Å²) in [7, 11) is 1.93. The van der Waals surface area contributed by atoms with Crippen molar-refractivity contribution in [2.75, 3.05) is 4.90 Å². The van der Waals surface area contributed by atoms with E-state index in [9.17, 15) is 14.7 Å². The maximum absolute atomic E-state index is 13.6. The molecule has 1 saturated heterocycles. The summed E-state index contributed by atoms with van der Waals surface area (Å²) in [6.07, 6.45) is 2.74. The van der Waals surface area contributed by atoms with Crippen molar-refractivity contribution in [2.24, 2.45) is 7.05 Å². The van der Waals surface area contributed by atoms with E-state index in [1.807, 2.05) is 80.2 Å². The number of para-hydroxylation sites is 1. The van der Waals surface area contributed by atoms with E-state index in [1.165, 1.54) is 4.90 Å². The molecule has 1 amide bonds. The first-order valence-electron chi connectivity index (χ1n) is 12.5. The number of Topliss-reactive ketones (excluding diaryl/α,β-unsaturated/α-hetero) is 1. The SMILES string of the molecule is CCc1ccc(N2C(=O)C(=O)/C(=C(/O)c3cccc(OC(C)C)c3)C2c2cn(C)c3ccccc23)cc1. The Balaban J connectivity index is 1.74. The lowest BCUT2D eigenvalue weighted by molar-refractivity contribution is -0.132. The maximum atomic E-state index is 13.6. The fourth-order valence-electron chi connectivity index (χ4n) is 5.02. The first-order chi connectivity index (χ1) is 17.8. The molecule has 1 atom stereocenters. The number of anilines is 1. The van der Waals surface area contributed by atoms with Gasteiger partial charge in [-0.3, -0.25) is 14.5 Å². The predicted octanol–water partition coefficient (Wildman–Crippen LogP) is 6.15. The number of nitrogens with zero attached hydrogens (tertiary/aromatic N) is 2. The third kappa shape index (κ3) is 4.29. The van der Waals surface area contributed by atoms with Crippen LogP contribution in [0.3, 0.4) is 0 Å². The van der Waals surface area contributed by atoms with Crippen molar-refractivity contribution in [3.05, 3.63) is 101 Å². The Kier molecular flexibility index (Phi) is 6.34. The Hall–Kier alpha value is -4.32. The predicted molar refractivity (Wildman–Crippen MR) is 146 cm³/mol. The van der Waals surface area contributed by atoms with Crippen LogP contribution in [0.2, 0.25) is 0 Å². The number of amides is 1. The van der Waals surface area contributed by atoms with Crippen LogP contribution < -0.4 is 9.64 Å². The monoisotopic (exact) mass is 494 g/mol. The van der Waals surface area contributed by atoms with Gasteiger partial charge in [-0.25, -0.2) is 0 Å². The van der Waals surface area contributed by atoms with Crippen molar-refractivity contribution in [3.8, 4) is 5.75 Å². The van der Waals surface area contributed by atoms with Crippen molar-refractivity contribution in [3.63, 3.8) is 0 Å². The van der Waals surface area contributed by atoms with Crippen molar-refractivity contribution in [1.82, 2.24) is 4.57 Å². The Labute approximate surface area is 216 Å². The molecule has 1 aliphatic rings. The van der Waals surface area contributed by atoms with Crippen LogP contribution in [0.4, 0.5) is 5.69 Å². The normalized spacial score (nSPS) is 17.2. The highest BCUT2D eigenvalue weighted by Crippen LogP contribution is 2.44. The van der Waals surface area contributed by atoms with Gasteiger partial charge < -0.3 is 14.4 Å². The minimum Gasteiger partial charge on any atom is -0.507 e. The molecular weight excluding hydrogens is 464 g/mol. The summed E-state index contributed by atoms with van der Waals surface area (Å²) < 4.78 is 7.78. The summed E-state index contributed by atoms with van der Waals surface area (Å²) in [5.41, 5.74) is 3.95. The molecule has 4 aromatic rings. The molecule has 0 saturated carbocycles. The van der Waals surface area contributed by atoms with Gasteiger partial charge in [0.2, 0.25) is 0 Å². The lowest BCUT2D eigenvalue weighted by Gasteiger charge is -2.25. The van der Waals surface area contributed by atoms with Gasteiger partial charge in [0.1, 0.15) is 11.5 Å². The van der Waals surface area contributed by atoms with Gasteiger partial charge in [-0.2, -0.15) is 0 Å². The largest absolute Gasteiger partial charge is 0.507 e. The highest BCUT2D eigenvalue weighted by molar-refractivity contribution is 6.51. The van der Waals surface area contributed by atoms with Gasteiger partial charge >= 0.3 is 0 Å². The number of ether oxygens (including phenoxy) is 1. The number of aliphatic hydroxyl groups excluding tert-OH is 1. The third-order valence-electron chi connectivity index (χ3n) is 6.77. The Bertz CT molecular complexity index is 1530. The van der Waals surface area contributed by atoms with Crippen LogP contribution in [0.25, 0.3) is 16.7 Å². The molecule has 0 radical (unpaired) electrons. The number of hydrogen-bond donors (Lipinski definition) is 1. The maximum Gasteiger partial charge on any atom is 0.300 e. The number of aromatic nitrogens is 1. The molecule has 3 aromatic carbocycles. The smallest absolute Gasteiger partial charge is 0.300 e. The quantitative estimate of drug-likeness (QED) is 0.198. The van der Waals surface area contributed by atoms with Crippen LogP contribution in [0.1, 0.15) is 43.5 Å². The average Bonchev–Trinajstić information content (AvgIpc) is 3.36. The number of hydrogen-bond acceptors (Lipinski definition) is 4. The number of carbonyl (C=O) groups is 2. The number of aliphatic hydroxyl groups is 1. The van der Waals surface area contributed by atoms with Crippen molar-refractivity contribution < 1.29 is 19.4 Å². The third-order valence-corrected chi connectivity index (χ3v) is 6.77. The van der Waals surface area contributed by atoms with E-state index in [0.717, 1.165) is 28.5 Å². The van der Waals surface area contributed by atoms with Crippen LogP contribution >= 0.6 is 0 Å². The topological polar surface area (TPSA) is 71.8 Å². The molecule has 37 heavy (non-hydrogen) atoms. The number of aryl methyl sites for hydroxylation is 2. The van der Waals surface area contributed by atoms with Crippen molar-refractivity contribution in [2.45, 2.75) is 39.3 Å². The van der Waals surface area contributed by atoms with Crippen LogP contribution in [-0.4, -0.2) is 27.5 Å². The number of rotatable bonds is 6. The van der Waals surface area contributed by atoms with Crippen molar-refractivity contribution >= 4 is 34.0 Å². The zero-order valence-electron chi connectivity index (χ0n) is 21.4. The molecule has 188 valence electrons. The number of fused-ring (bicyclic) bond motifs is 1. The lowest BCUT2D eigenvalue weighted by Crippen LogP contribution is -2.29. The molecule has 6 heteroatoms. The molecular formula is C31H30N2O4. The zero-order chi connectivity index (χ0) is 26.3. The Morgan fingerprint density at radius 1 is 1.00 bits per heavy atom. The van der Waals surface area contributed by atoms with Gasteiger partial charge in [-0.15, -0.1) is 0 Å². The number of ketones is 1. The van der Waals surface area contributed by atoms with Crippen LogP contribution in [-0.2, 0) is 23.1 Å². The van der Waals surface area contributed by atoms with E-state index in [2.05, 4.69) is 6.92 Å². The average molecular weight is 495 g/mol. The Morgan fingerprint density at radius 3 is 2.43 bits per heavy atom. The minimum atomic E-state index is -0.798. The van der Waals surface area contributed by atoms with E-state index < -0.39 is 17.7 Å². The van der Waals surface area contributed by atoms with E-state index in [1.54, 1.807) is 24.3 Å². The first kappa shape index (κ1) is 24.4. The fraction of sp³-hybridized carbons (Fsp3) is 0.226. The van der Waals surface area contributed by atoms with Crippen LogP contribution in [0.15, 0.2) is 84.6 Å². The van der Waals surface area contributed by atoms with Crippen LogP contribution in [0, 0.1) is 0 Å². The molecule has 1 aromatic heterocycles. The fourth-order valence-corrected chi connectivity index (χ4v) is 5.02. The van der Waals surface area contributed by atoms with E-state index >= 15 is 0 Å². The molecule has 2 heterocycles. The summed E-state index contributed by atoms with van der Waals surface area (Å²) in [4.78, 5) is 28.6. The van der Waals surface area contributed by atoms with Gasteiger partial charge in [-0.1, -0.05) is 49.4 Å². The van der Waals surface area contributed by atoms with Crippen molar-refractivity contribution in [1.29, 1.82) is 0 Å². The summed E-state index contributed by atoms with van der Waals surface area (Å²) in [6, 6.07) is 21.7. The van der Waals surface area contributed by atoms with Gasteiger partial charge in [0.15, 0.2) is 0 Å².